The fourth-order valence-corrected chi connectivity index (χ4v) is 6.55. The molecule has 8 rings (SSSR count). The predicted octanol–water partition coefficient (Wildman–Crippen LogP) is 4.43. The van der Waals surface area contributed by atoms with Crippen LogP contribution in [0.15, 0.2) is 49.8 Å². The number of rotatable bonds is 5. The molecule has 6 heterocycles. The zero-order valence-electron chi connectivity index (χ0n) is 27.2. The molecule has 0 unspecified atom stereocenters. The highest BCUT2D eigenvalue weighted by Crippen LogP contribution is 2.41. The molecule has 2 fully saturated rings. The molecular weight excluding hydrogens is 620 g/mol. The van der Waals surface area contributed by atoms with E-state index in [0.717, 1.165) is 61.5 Å². The molecule has 2 aliphatic heterocycles. The van der Waals surface area contributed by atoms with Crippen molar-refractivity contribution in [3.8, 4) is 5.95 Å². The lowest BCUT2D eigenvalue weighted by molar-refractivity contribution is -0.121. The maximum absolute atomic E-state index is 12.7. The molecular formula is C32H41ClN12O2. The van der Waals surface area contributed by atoms with Crippen LogP contribution in [0, 0.1) is 0 Å². The first-order valence-electron chi connectivity index (χ1n) is 16.3. The normalized spacial score (nSPS) is 20.7. The van der Waals surface area contributed by atoms with Gasteiger partial charge in [-0.1, -0.05) is 13.8 Å². The van der Waals surface area contributed by atoms with Crippen molar-refractivity contribution < 1.29 is 9.59 Å². The molecule has 0 saturated heterocycles. The summed E-state index contributed by atoms with van der Waals surface area (Å²) in [6.45, 7) is 4.10. The summed E-state index contributed by atoms with van der Waals surface area (Å²) in [7, 11) is 3.58. The number of nitrogens with one attached hydrogen (secondary N) is 1. The van der Waals surface area contributed by atoms with E-state index in [1.165, 1.54) is 12.8 Å². The molecule has 14 nitrogen and oxygen atoms in total. The summed E-state index contributed by atoms with van der Waals surface area (Å²) in [5.41, 5.74) is 1.54. The van der Waals surface area contributed by atoms with Crippen molar-refractivity contribution in [2.24, 2.45) is 0 Å². The molecule has 2 atom stereocenters. The van der Waals surface area contributed by atoms with Gasteiger partial charge in [-0.25, -0.2) is 19.9 Å². The van der Waals surface area contributed by atoms with E-state index in [0.29, 0.717) is 18.0 Å². The van der Waals surface area contributed by atoms with E-state index < -0.39 is 0 Å². The summed E-state index contributed by atoms with van der Waals surface area (Å²) in [6.07, 6.45) is 22.2. The molecule has 2 amide bonds. The highest BCUT2D eigenvalue weighted by atomic mass is 35.5. The zero-order chi connectivity index (χ0) is 33.1. The van der Waals surface area contributed by atoms with E-state index in [9.17, 15) is 9.59 Å². The van der Waals surface area contributed by atoms with Crippen LogP contribution in [0.4, 0.5) is 23.0 Å². The van der Waals surface area contributed by atoms with E-state index in [2.05, 4.69) is 46.6 Å². The molecule has 2 saturated carbocycles. The van der Waals surface area contributed by atoms with Gasteiger partial charge in [0.1, 0.15) is 29.8 Å². The first-order valence-corrected chi connectivity index (χ1v) is 16.6. The van der Waals surface area contributed by atoms with Crippen molar-refractivity contribution >= 4 is 46.4 Å². The number of carbonyl (C=O) groups excluding carboxylic acids is 2. The Labute approximate surface area is 279 Å². The number of nitrogens with zero attached hydrogens (tertiary/aromatic N) is 11. The van der Waals surface area contributed by atoms with E-state index in [1.54, 1.807) is 65.1 Å². The number of aromatic amines is 1. The highest BCUT2D eigenvalue weighted by molar-refractivity contribution is 6.28. The maximum atomic E-state index is 12.7. The van der Waals surface area contributed by atoms with Crippen molar-refractivity contribution in [1.29, 1.82) is 0 Å². The van der Waals surface area contributed by atoms with Crippen LogP contribution in [-0.4, -0.2) is 89.5 Å². The average Bonchev–Trinajstić information content (AvgIpc) is 3.79. The molecule has 1 N–H and O–H groups in total. The molecule has 2 aliphatic carbocycles. The van der Waals surface area contributed by atoms with Gasteiger partial charge in [0.05, 0.1) is 18.7 Å². The minimum atomic E-state index is -0.136. The molecule has 0 spiro atoms. The van der Waals surface area contributed by atoms with Crippen molar-refractivity contribution in [2.45, 2.75) is 89.4 Å². The predicted molar refractivity (Wildman–Crippen MR) is 180 cm³/mol. The fourth-order valence-electron chi connectivity index (χ4n) is 6.42. The van der Waals surface area contributed by atoms with Gasteiger partial charge in [0.2, 0.25) is 23.0 Å². The van der Waals surface area contributed by atoms with Gasteiger partial charge in [0.15, 0.2) is 11.6 Å². The summed E-state index contributed by atoms with van der Waals surface area (Å²) in [5, 5.41) is 0.237. The lowest BCUT2D eigenvalue weighted by atomic mass is 9.88. The van der Waals surface area contributed by atoms with Gasteiger partial charge in [-0.3, -0.25) is 14.2 Å². The summed E-state index contributed by atoms with van der Waals surface area (Å²) in [4.78, 5) is 60.9. The summed E-state index contributed by atoms with van der Waals surface area (Å²) in [5.74, 6) is 2.50. The minimum absolute atomic E-state index is 0.118. The first-order chi connectivity index (χ1) is 22.8. The second kappa shape index (κ2) is 14.0. The van der Waals surface area contributed by atoms with Crippen LogP contribution in [0.3, 0.4) is 0 Å². The number of amides is 2. The third kappa shape index (κ3) is 6.25. The van der Waals surface area contributed by atoms with Crippen LogP contribution < -0.4 is 19.6 Å². The number of halogens is 1. The zero-order valence-corrected chi connectivity index (χ0v) is 28.0. The largest absolute Gasteiger partial charge is 0.351 e. The SMILES string of the molecule is CC[C@@H]1C(=O)N(C)c2cnc(-n3ccnc3)nc2N1C1CCC1.CC[C@@H]1C(=O)N(C)c2cnc(Cl)nc2N1C1CCC1.c1c[nH]cn1. The monoisotopic (exact) mass is 660 g/mol. The molecule has 0 radical (unpaired) electrons. The Morgan fingerprint density at radius 2 is 1.38 bits per heavy atom. The number of carbonyl (C=O) groups is 2. The third-order valence-electron chi connectivity index (χ3n) is 9.42. The second-order valence-electron chi connectivity index (χ2n) is 12.1. The van der Waals surface area contributed by atoms with Crippen LogP contribution in [-0.2, 0) is 9.59 Å². The van der Waals surface area contributed by atoms with Crippen molar-refractivity contribution in [2.75, 3.05) is 33.7 Å². The number of anilines is 4. The lowest BCUT2D eigenvalue weighted by Crippen LogP contribution is -2.57. The van der Waals surface area contributed by atoms with Gasteiger partial charge in [0.25, 0.3) is 0 Å². The summed E-state index contributed by atoms with van der Waals surface area (Å²) < 4.78 is 1.79. The number of imidazole rings is 2. The van der Waals surface area contributed by atoms with Gasteiger partial charge in [0, 0.05) is 51.0 Å². The van der Waals surface area contributed by atoms with Crippen LogP contribution >= 0.6 is 11.6 Å². The number of hydrogen-bond donors (Lipinski definition) is 1. The second-order valence-corrected chi connectivity index (χ2v) is 12.4. The Hall–Kier alpha value is -4.59. The fraction of sp³-hybridized carbons (Fsp3) is 0.500. The van der Waals surface area contributed by atoms with Crippen molar-refractivity contribution in [1.82, 2.24) is 39.5 Å². The van der Waals surface area contributed by atoms with E-state index >= 15 is 0 Å². The van der Waals surface area contributed by atoms with Crippen LogP contribution in [0.5, 0.6) is 0 Å². The molecule has 0 aromatic carbocycles. The van der Waals surface area contributed by atoms with Gasteiger partial charge in [-0.05, 0) is 63.0 Å². The van der Waals surface area contributed by atoms with E-state index in [4.69, 9.17) is 16.6 Å². The Bertz CT molecular complexity index is 1640. The molecule has 15 heteroatoms. The van der Waals surface area contributed by atoms with Gasteiger partial charge in [-0.2, -0.15) is 9.97 Å². The number of likely N-dealkylation sites (N-methyl/N-ethyl adjacent to an activating group) is 2. The van der Waals surface area contributed by atoms with Crippen LogP contribution in [0.25, 0.3) is 5.95 Å². The standard InChI is InChI=1S/C16H20N6O.C13H17ClN4O.C3H4N2/c1-3-12-15(23)20(2)13-9-18-16(21-8-7-17-10-21)19-14(13)22(12)11-5-4-6-11;1-3-9-12(19)17(2)10-7-15-13(14)16-11(10)18(9)8-5-4-6-8;1-2-5-3-4-1/h7-12H,3-6H2,1-2H3;7-9H,3-6H2,1-2H3;1-3H,(H,4,5)/t12-;9-;/m11./s1. The van der Waals surface area contributed by atoms with Gasteiger partial charge in [-0.15, -0.1) is 0 Å². The lowest BCUT2D eigenvalue weighted by Gasteiger charge is -2.47. The molecule has 4 aromatic rings. The van der Waals surface area contributed by atoms with Crippen LogP contribution in [0.1, 0.15) is 65.2 Å². The van der Waals surface area contributed by atoms with E-state index in [1.807, 2.05) is 20.2 Å². The van der Waals surface area contributed by atoms with Gasteiger partial charge < -0.3 is 24.6 Å². The molecule has 4 aliphatic rings. The summed E-state index contributed by atoms with van der Waals surface area (Å²) >= 11 is 5.93. The number of aromatic nitrogens is 8. The Kier molecular flexibility index (Phi) is 9.66. The Morgan fingerprint density at radius 3 is 1.81 bits per heavy atom. The maximum Gasteiger partial charge on any atom is 0.249 e. The van der Waals surface area contributed by atoms with Crippen LogP contribution in [0.2, 0.25) is 5.28 Å². The van der Waals surface area contributed by atoms with Crippen molar-refractivity contribution in [3.63, 3.8) is 0 Å². The minimum Gasteiger partial charge on any atom is -0.351 e. The third-order valence-corrected chi connectivity index (χ3v) is 9.61. The van der Waals surface area contributed by atoms with Gasteiger partial charge >= 0.3 is 0 Å². The molecule has 0 bridgehead atoms. The highest BCUT2D eigenvalue weighted by Gasteiger charge is 2.43. The van der Waals surface area contributed by atoms with Crippen molar-refractivity contribution in [3.05, 3.63) is 55.1 Å². The Balaban J connectivity index is 0.000000145. The first kappa shape index (κ1) is 32.4. The quantitative estimate of drug-likeness (QED) is 0.305. The molecule has 47 heavy (non-hydrogen) atoms. The average molecular weight is 661 g/mol. The van der Waals surface area contributed by atoms with E-state index in [-0.39, 0.29) is 29.2 Å². The molecule has 248 valence electrons. The Morgan fingerprint density at radius 1 is 0.809 bits per heavy atom. The smallest absolute Gasteiger partial charge is 0.249 e. The number of fused-ring (bicyclic) bond motifs is 2. The number of H-pyrrole nitrogens is 1. The number of hydrogen-bond acceptors (Lipinski definition) is 10. The molecule has 4 aromatic heterocycles. The summed E-state index contributed by atoms with van der Waals surface area (Å²) in [6, 6.07) is 0.548. The topological polar surface area (TPSA) is 145 Å².